The van der Waals surface area contributed by atoms with Gasteiger partial charge in [0, 0.05) is 0 Å². The van der Waals surface area contributed by atoms with E-state index in [0.29, 0.717) is 11.9 Å². The van der Waals surface area contributed by atoms with Gasteiger partial charge in [-0.15, -0.1) is 10.2 Å². The van der Waals surface area contributed by atoms with Gasteiger partial charge in [-0.05, 0) is 0 Å². The summed E-state index contributed by atoms with van der Waals surface area (Å²) in [5.41, 5.74) is 0. The molecule has 2 heterocycles. The molecule has 0 amide bonds. The number of azo groups is 1. The fourth-order valence-corrected chi connectivity index (χ4v) is 0.589. The van der Waals surface area contributed by atoms with Crippen molar-refractivity contribution in [2.75, 3.05) is 0 Å². The van der Waals surface area contributed by atoms with Crippen molar-refractivity contribution in [1.29, 1.82) is 0 Å². The van der Waals surface area contributed by atoms with Crippen LogP contribution in [-0.2, 0) is 0 Å². The van der Waals surface area contributed by atoms with Crippen LogP contribution in [0.5, 0.6) is 0 Å². The molecule has 2 aromatic heterocycles. The van der Waals surface area contributed by atoms with Crippen LogP contribution in [0.3, 0.4) is 0 Å². The molecule has 0 aliphatic heterocycles. The zero-order valence-corrected chi connectivity index (χ0v) is 5.84. The molecule has 0 aliphatic carbocycles. The van der Waals surface area contributed by atoms with Crippen molar-refractivity contribution in [2.24, 2.45) is 10.2 Å². The molecule has 12 heavy (non-hydrogen) atoms. The molecule has 0 aliphatic rings. The maximum atomic E-state index is 3.73. The van der Waals surface area contributed by atoms with Crippen LogP contribution >= 0.6 is 0 Å². The normalized spacial score (nSPS) is 11.0. The Labute approximate surface area is 66.2 Å². The van der Waals surface area contributed by atoms with Gasteiger partial charge in [0.15, 0.2) is 0 Å². The molecule has 2 N–H and O–H groups in total. The molecule has 2 rings (SSSR count). The van der Waals surface area contributed by atoms with E-state index in [1.54, 1.807) is 0 Å². The first-order valence-electron chi connectivity index (χ1n) is 3.07. The predicted octanol–water partition coefficient (Wildman–Crippen LogP) is 0.338. The molecule has 0 radical (unpaired) electrons. The molecule has 8 nitrogen and oxygen atoms in total. The third kappa shape index (κ3) is 1.31. The van der Waals surface area contributed by atoms with Crippen molar-refractivity contribution in [1.82, 2.24) is 30.4 Å². The number of rotatable bonds is 2. The van der Waals surface area contributed by atoms with E-state index < -0.39 is 0 Å². The number of aromatic nitrogens is 6. The van der Waals surface area contributed by atoms with Gasteiger partial charge in [-0.1, -0.05) is 0 Å². The second kappa shape index (κ2) is 2.86. The summed E-state index contributed by atoms with van der Waals surface area (Å²) in [5.74, 6) is 0.651. The van der Waals surface area contributed by atoms with Gasteiger partial charge < -0.3 is 0 Å². The summed E-state index contributed by atoms with van der Waals surface area (Å²) in [6.45, 7) is 0. The number of nitrogens with zero attached hydrogens (tertiary/aromatic N) is 6. The highest BCUT2D eigenvalue weighted by atomic mass is 15.4. The van der Waals surface area contributed by atoms with Crippen molar-refractivity contribution >= 4 is 11.9 Å². The highest BCUT2D eigenvalue weighted by Gasteiger charge is 1.92. The van der Waals surface area contributed by atoms with Crippen LogP contribution in [0.25, 0.3) is 0 Å². The SMILES string of the molecule is c1n[nH]c(/N=N/c2ncn[nH]2)n1. The Balaban J connectivity index is 2.14. The Morgan fingerprint density at radius 3 is 1.75 bits per heavy atom. The van der Waals surface area contributed by atoms with Gasteiger partial charge in [0.2, 0.25) is 0 Å². The molecule has 60 valence electrons. The molecular formula is C4H4N8. The molecule has 0 fully saturated rings. The lowest BCUT2D eigenvalue weighted by Crippen LogP contribution is -1.67. The minimum atomic E-state index is 0.325. The van der Waals surface area contributed by atoms with Gasteiger partial charge in [0.05, 0.1) is 0 Å². The standard InChI is InChI=1S/C4H4N8/c1-5-3(9-7-1)11-12-4-6-2-8-10-4/h1-2H,(H,5,7,9)(H,6,8,10)/b12-11+. The van der Waals surface area contributed by atoms with Gasteiger partial charge in [-0.3, -0.25) is 0 Å². The second-order valence-electron chi connectivity index (χ2n) is 1.82. The summed E-state index contributed by atoms with van der Waals surface area (Å²) in [4.78, 5) is 7.45. The van der Waals surface area contributed by atoms with E-state index in [0.717, 1.165) is 0 Å². The maximum absolute atomic E-state index is 3.73. The average Bonchev–Trinajstić information content (AvgIpc) is 2.74. The van der Waals surface area contributed by atoms with Crippen LogP contribution in [0, 0.1) is 0 Å². The number of hydrogen-bond donors (Lipinski definition) is 2. The first-order chi connectivity index (χ1) is 5.95. The Morgan fingerprint density at radius 2 is 1.42 bits per heavy atom. The Hall–Kier alpha value is -2.12. The van der Waals surface area contributed by atoms with Crippen molar-refractivity contribution in [3.05, 3.63) is 12.7 Å². The van der Waals surface area contributed by atoms with Gasteiger partial charge in [0.1, 0.15) is 12.7 Å². The van der Waals surface area contributed by atoms with Crippen molar-refractivity contribution in [3.8, 4) is 0 Å². The largest absolute Gasteiger partial charge is 0.264 e. The van der Waals surface area contributed by atoms with Crippen molar-refractivity contribution in [2.45, 2.75) is 0 Å². The molecule has 8 heteroatoms. The van der Waals surface area contributed by atoms with Crippen LogP contribution in [0.15, 0.2) is 22.9 Å². The van der Waals surface area contributed by atoms with Crippen molar-refractivity contribution < 1.29 is 0 Å². The Morgan fingerprint density at radius 1 is 0.917 bits per heavy atom. The molecule has 0 aromatic carbocycles. The van der Waals surface area contributed by atoms with Gasteiger partial charge in [-0.25, -0.2) is 10.2 Å². The summed E-state index contributed by atoms with van der Waals surface area (Å²) >= 11 is 0. The van der Waals surface area contributed by atoms with E-state index in [-0.39, 0.29) is 0 Å². The predicted molar refractivity (Wildman–Crippen MR) is 36.9 cm³/mol. The Bertz CT molecular complexity index is 308. The highest BCUT2D eigenvalue weighted by Crippen LogP contribution is 2.05. The van der Waals surface area contributed by atoms with Crippen molar-refractivity contribution in [3.63, 3.8) is 0 Å². The zero-order valence-electron chi connectivity index (χ0n) is 5.84. The summed E-state index contributed by atoms with van der Waals surface area (Å²) in [5, 5.41) is 19.5. The third-order valence-corrected chi connectivity index (χ3v) is 1.04. The topological polar surface area (TPSA) is 108 Å². The van der Waals surface area contributed by atoms with E-state index in [1.807, 2.05) is 0 Å². The van der Waals surface area contributed by atoms with Gasteiger partial charge >= 0.3 is 0 Å². The monoisotopic (exact) mass is 164 g/mol. The number of H-pyrrole nitrogens is 2. The van der Waals surface area contributed by atoms with E-state index in [1.165, 1.54) is 12.7 Å². The lowest BCUT2D eigenvalue weighted by atomic mass is 11.0. The molecule has 0 saturated carbocycles. The summed E-state index contributed by atoms with van der Waals surface area (Å²) in [6.07, 6.45) is 2.68. The summed E-state index contributed by atoms with van der Waals surface area (Å²) < 4.78 is 0. The molecule has 0 bridgehead atoms. The van der Waals surface area contributed by atoms with E-state index in [2.05, 4.69) is 40.6 Å². The maximum Gasteiger partial charge on any atom is 0.264 e. The fourth-order valence-electron chi connectivity index (χ4n) is 0.589. The first kappa shape index (κ1) is 6.58. The van der Waals surface area contributed by atoms with Gasteiger partial charge in [-0.2, -0.15) is 20.2 Å². The third-order valence-electron chi connectivity index (χ3n) is 1.04. The average molecular weight is 164 g/mol. The van der Waals surface area contributed by atoms with Gasteiger partial charge in [0.25, 0.3) is 11.9 Å². The second-order valence-corrected chi connectivity index (χ2v) is 1.82. The molecule has 2 aromatic rings. The molecule has 0 saturated heterocycles. The molecule has 0 atom stereocenters. The van der Waals surface area contributed by atoms with Crippen LogP contribution in [-0.4, -0.2) is 30.4 Å². The fraction of sp³-hybridized carbons (Fsp3) is 0. The van der Waals surface area contributed by atoms with Crippen LogP contribution < -0.4 is 0 Å². The summed E-state index contributed by atoms with van der Waals surface area (Å²) in [6, 6.07) is 0. The summed E-state index contributed by atoms with van der Waals surface area (Å²) in [7, 11) is 0. The van der Waals surface area contributed by atoms with E-state index >= 15 is 0 Å². The quantitative estimate of drug-likeness (QED) is 0.623. The molecule has 0 unspecified atom stereocenters. The van der Waals surface area contributed by atoms with E-state index in [4.69, 9.17) is 0 Å². The zero-order chi connectivity index (χ0) is 8.23. The Kier molecular flexibility index (Phi) is 1.57. The molecular weight excluding hydrogens is 160 g/mol. The van der Waals surface area contributed by atoms with Crippen LogP contribution in [0.1, 0.15) is 0 Å². The lowest BCUT2D eigenvalue weighted by Gasteiger charge is -1.79. The minimum Gasteiger partial charge on any atom is -0.242 e. The number of aromatic amines is 2. The number of hydrogen-bond acceptors (Lipinski definition) is 6. The van der Waals surface area contributed by atoms with Crippen LogP contribution in [0.4, 0.5) is 11.9 Å². The van der Waals surface area contributed by atoms with E-state index in [9.17, 15) is 0 Å². The first-order valence-corrected chi connectivity index (χ1v) is 3.07. The van der Waals surface area contributed by atoms with Crippen LogP contribution in [0.2, 0.25) is 0 Å². The lowest BCUT2D eigenvalue weighted by molar-refractivity contribution is 1.01. The molecule has 0 spiro atoms. The minimum absolute atomic E-state index is 0.325. The smallest absolute Gasteiger partial charge is 0.242 e. The number of nitrogens with one attached hydrogen (secondary N) is 2. The highest BCUT2D eigenvalue weighted by molar-refractivity contribution is 5.12.